The fraction of sp³-hybridized carbons (Fsp3) is 0.800. The van der Waals surface area contributed by atoms with Gasteiger partial charge in [0.2, 0.25) is 5.91 Å². The van der Waals surface area contributed by atoms with Crippen molar-refractivity contribution in [3.63, 3.8) is 0 Å². The summed E-state index contributed by atoms with van der Waals surface area (Å²) >= 11 is 0. The van der Waals surface area contributed by atoms with Gasteiger partial charge in [-0.2, -0.15) is 0 Å². The summed E-state index contributed by atoms with van der Waals surface area (Å²) in [5, 5.41) is 8.91. The van der Waals surface area contributed by atoms with Crippen molar-refractivity contribution in [2.24, 2.45) is 17.6 Å². The molecule has 5 heteroatoms. The minimum atomic E-state index is -0.831. The Hall–Kier alpha value is -1.10. The van der Waals surface area contributed by atoms with Crippen molar-refractivity contribution in [2.45, 2.75) is 26.3 Å². The third-order valence-electron chi connectivity index (χ3n) is 3.00. The molecule has 0 saturated carbocycles. The van der Waals surface area contributed by atoms with Crippen molar-refractivity contribution in [2.75, 3.05) is 13.1 Å². The van der Waals surface area contributed by atoms with Gasteiger partial charge in [-0.15, -0.1) is 0 Å². The maximum atomic E-state index is 11.7. The quantitative estimate of drug-likeness (QED) is 0.687. The Morgan fingerprint density at radius 3 is 2.53 bits per heavy atom. The smallest absolute Gasteiger partial charge is 0.308 e. The minimum Gasteiger partial charge on any atom is -0.481 e. The van der Waals surface area contributed by atoms with Gasteiger partial charge >= 0.3 is 5.97 Å². The van der Waals surface area contributed by atoms with Crippen molar-refractivity contribution in [1.29, 1.82) is 0 Å². The molecular formula is C10H18N2O3. The highest BCUT2D eigenvalue weighted by Crippen LogP contribution is 2.23. The van der Waals surface area contributed by atoms with Crippen LogP contribution < -0.4 is 5.73 Å². The summed E-state index contributed by atoms with van der Waals surface area (Å²) in [5.41, 5.74) is 5.62. The van der Waals surface area contributed by atoms with E-state index >= 15 is 0 Å². The van der Waals surface area contributed by atoms with Gasteiger partial charge in [-0.05, 0) is 12.3 Å². The Bertz CT molecular complexity index is 267. The van der Waals surface area contributed by atoms with E-state index in [2.05, 4.69) is 0 Å². The van der Waals surface area contributed by atoms with Gasteiger partial charge in [-0.25, -0.2) is 0 Å². The maximum absolute atomic E-state index is 11.7. The Balaban J connectivity index is 2.62. The van der Waals surface area contributed by atoms with E-state index in [1.165, 1.54) is 0 Å². The van der Waals surface area contributed by atoms with Crippen LogP contribution in [0.5, 0.6) is 0 Å². The molecule has 1 fully saturated rings. The van der Waals surface area contributed by atoms with Crippen molar-refractivity contribution in [3.05, 3.63) is 0 Å². The minimum absolute atomic E-state index is 0.00973. The molecule has 1 amide bonds. The molecule has 1 heterocycles. The number of hydrogen-bond donors (Lipinski definition) is 2. The lowest BCUT2D eigenvalue weighted by Crippen LogP contribution is -2.42. The summed E-state index contributed by atoms with van der Waals surface area (Å²) in [6.07, 6.45) is 0.585. The van der Waals surface area contributed by atoms with Crippen LogP contribution in [-0.4, -0.2) is 41.0 Å². The van der Waals surface area contributed by atoms with Crippen LogP contribution >= 0.6 is 0 Å². The second-order valence-electron chi connectivity index (χ2n) is 4.18. The van der Waals surface area contributed by atoms with Gasteiger partial charge in [-0.1, -0.05) is 13.8 Å². The van der Waals surface area contributed by atoms with E-state index < -0.39 is 17.9 Å². The van der Waals surface area contributed by atoms with Gasteiger partial charge < -0.3 is 15.7 Å². The summed E-state index contributed by atoms with van der Waals surface area (Å²) in [6, 6.07) is -0.496. The standard InChI is InChI=1S/C10H18N2O3/c1-3-8(11)9(13)12-4-6(2)7(5-12)10(14)15/h6-8H,3-5,11H2,1-2H3,(H,14,15)/t6?,7?,8-/m0/s1. The molecule has 1 aliphatic rings. The van der Waals surface area contributed by atoms with Crippen LogP contribution in [0.4, 0.5) is 0 Å². The zero-order chi connectivity index (χ0) is 11.6. The number of nitrogens with two attached hydrogens (primary N) is 1. The summed E-state index contributed by atoms with van der Waals surface area (Å²) in [5.74, 6) is -1.40. The number of carboxylic acids is 1. The van der Waals surface area contributed by atoms with Crippen LogP contribution in [0.3, 0.4) is 0 Å². The molecule has 0 spiro atoms. The predicted octanol–water partition coefficient (Wildman–Crippen LogP) is -0.0972. The second kappa shape index (κ2) is 4.61. The average molecular weight is 214 g/mol. The summed E-state index contributed by atoms with van der Waals surface area (Å²) in [4.78, 5) is 24.1. The first kappa shape index (κ1) is 12.0. The van der Waals surface area contributed by atoms with Gasteiger partial charge in [0, 0.05) is 13.1 Å². The third-order valence-corrected chi connectivity index (χ3v) is 3.00. The Labute approximate surface area is 89.2 Å². The second-order valence-corrected chi connectivity index (χ2v) is 4.18. The molecule has 15 heavy (non-hydrogen) atoms. The number of carbonyl (C=O) groups excluding carboxylic acids is 1. The van der Waals surface area contributed by atoms with Crippen molar-refractivity contribution in [3.8, 4) is 0 Å². The van der Waals surface area contributed by atoms with Crippen LogP contribution in [0, 0.1) is 11.8 Å². The molecule has 0 aromatic rings. The topological polar surface area (TPSA) is 83.6 Å². The predicted molar refractivity (Wildman–Crippen MR) is 55.1 cm³/mol. The fourth-order valence-electron chi connectivity index (χ4n) is 1.88. The summed E-state index contributed by atoms with van der Waals surface area (Å²) in [6.45, 7) is 4.49. The van der Waals surface area contributed by atoms with Crippen LogP contribution in [0.2, 0.25) is 0 Å². The third kappa shape index (κ3) is 2.47. The number of carboxylic acid groups (broad SMARTS) is 1. The van der Waals surface area contributed by atoms with Crippen LogP contribution in [0.25, 0.3) is 0 Å². The monoisotopic (exact) mass is 214 g/mol. The number of rotatable bonds is 3. The van der Waals surface area contributed by atoms with Crippen molar-refractivity contribution in [1.82, 2.24) is 4.90 Å². The first-order valence-electron chi connectivity index (χ1n) is 5.24. The molecule has 1 rings (SSSR count). The molecule has 0 aromatic carbocycles. The molecule has 2 unspecified atom stereocenters. The van der Waals surface area contributed by atoms with E-state index in [4.69, 9.17) is 10.8 Å². The van der Waals surface area contributed by atoms with E-state index in [1.54, 1.807) is 4.90 Å². The molecule has 3 atom stereocenters. The fourth-order valence-corrected chi connectivity index (χ4v) is 1.88. The van der Waals surface area contributed by atoms with E-state index in [1.807, 2.05) is 13.8 Å². The highest BCUT2D eigenvalue weighted by molar-refractivity contribution is 5.83. The molecule has 3 N–H and O–H groups in total. The lowest BCUT2D eigenvalue weighted by molar-refractivity contribution is -0.142. The van der Waals surface area contributed by atoms with Crippen molar-refractivity contribution < 1.29 is 14.7 Å². The average Bonchev–Trinajstić information content (AvgIpc) is 2.58. The molecule has 1 saturated heterocycles. The van der Waals surface area contributed by atoms with Gasteiger partial charge in [0.15, 0.2) is 0 Å². The number of hydrogen-bond acceptors (Lipinski definition) is 3. The highest BCUT2D eigenvalue weighted by Gasteiger charge is 2.37. The molecule has 0 aliphatic carbocycles. The van der Waals surface area contributed by atoms with Crippen molar-refractivity contribution >= 4 is 11.9 Å². The summed E-state index contributed by atoms with van der Waals surface area (Å²) in [7, 11) is 0. The number of likely N-dealkylation sites (tertiary alicyclic amines) is 1. The normalized spacial score (nSPS) is 27.8. The first-order chi connectivity index (χ1) is 6.97. The Morgan fingerprint density at radius 2 is 2.13 bits per heavy atom. The largest absolute Gasteiger partial charge is 0.481 e. The van der Waals surface area contributed by atoms with Crippen LogP contribution in [0.15, 0.2) is 0 Å². The van der Waals surface area contributed by atoms with E-state index in [0.29, 0.717) is 19.5 Å². The number of amides is 1. The van der Waals surface area contributed by atoms with E-state index in [0.717, 1.165) is 0 Å². The number of carbonyl (C=O) groups is 2. The summed E-state index contributed by atoms with van der Waals surface area (Å²) < 4.78 is 0. The molecule has 0 aromatic heterocycles. The lowest BCUT2D eigenvalue weighted by Gasteiger charge is -2.19. The SMILES string of the molecule is CC[C@H](N)C(=O)N1CC(C)C(C(=O)O)C1. The highest BCUT2D eigenvalue weighted by atomic mass is 16.4. The van der Waals surface area contributed by atoms with Gasteiger partial charge in [0.25, 0.3) is 0 Å². The first-order valence-corrected chi connectivity index (χ1v) is 5.24. The number of nitrogens with zero attached hydrogens (tertiary/aromatic N) is 1. The molecule has 1 aliphatic heterocycles. The van der Waals surface area contributed by atoms with Gasteiger partial charge in [0.05, 0.1) is 12.0 Å². The zero-order valence-corrected chi connectivity index (χ0v) is 9.14. The van der Waals surface area contributed by atoms with Crippen LogP contribution in [0.1, 0.15) is 20.3 Å². The van der Waals surface area contributed by atoms with E-state index in [9.17, 15) is 9.59 Å². The Kier molecular flexibility index (Phi) is 3.68. The molecule has 0 bridgehead atoms. The van der Waals surface area contributed by atoms with Gasteiger partial charge in [-0.3, -0.25) is 9.59 Å². The van der Waals surface area contributed by atoms with Crippen LogP contribution in [-0.2, 0) is 9.59 Å². The molecule has 0 radical (unpaired) electrons. The Morgan fingerprint density at radius 1 is 1.53 bits per heavy atom. The molecular weight excluding hydrogens is 196 g/mol. The molecule has 86 valence electrons. The lowest BCUT2D eigenvalue weighted by atomic mass is 9.99. The maximum Gasteiger partial charge on any atom is 0.308 e. The van der Waals surface area contributed by atoms with Gasteiger partial charge in [0.1, 0.15) is 0 Å². The van der Waals surface area contributed by atoms with E-state index in [-0.39, 0.29) is 11.8 Å². The molecule has 5 nitrogen and oxygen atoms in total. The zero-order valence-electron chi connectivity index (χ0n) is 9.14. The number of aliphatic carboxylic acids is 1.